The van der Waals surface area contributed by atoms with Crippen LogP contribution in [0.25, 0.3) is 0 Å². The second-order valence-corrected chi connectivity index (χ2v) is 8.18. The van der Waals surface area contributed by atoms with Gasteiger partial charge >= 0.3 is 0 Å². The molecule has 2 aromatic rings. The Hall–Kier alpha value is -1.17. The Morgan fingerprint density at radius 2 is 1.95 bits per heavy atom. The maximum atomic E-state index is 12.2. The molecule has 0 radical (unpaired) electrons. The van der Waals surface area contributed by atoms with Crippen LogP contribution in [0.4, 0.5) is 0 Å². The molecule has 2 aromatic carbocycles. The van der Waals surface area contributed by atoms with Gasteiger partial charge in [0.25, 0.3) is 0 Å². The van der Waals surface area contributed by atoms with Gasteiger partial charge in [0.2, 0.25) is 0 Å². The molecule has 0 aliphatic heterocycles. The van der Waals surface area contributed by atoms with E-state index in [4.69, 9.17) is 4.74 Å². The number of methoxy groups -OCH3 is 1. The fraction of sp³-hybridized carbons (Fsp3) is 0.176. The van der Waals surface area contributed by atoms with E-state index in [1.807, 2.05) is 53.9 Å². The third-order valence-corrected chi connectivity index (χ3v) is 6.10. The second kappa shape index (κ2) is 9.77. The van der Waals surface area contributed by atoms with Crippen LogP contribution in [0.15, 0.2) is 71.0 Å². The fourth-order valence-corrected chi connectivity index (χ4v) is 4.52. The first-order valence-electron chi connectivity index (χ1n) is 6.79. The minimum absolute atomic E-state index is 0.520. The number of rotatable bonds is 8. The highest BCUT2D eigenvalue weighted by molar-refractivity contribution is 8.77. The summed E-state index contributed by atoms with van der Waals surface area (Å²) in [5.74, 6) is 2.23. The van der Waals surface area contributed by atoms with Gasteiger partial charge in [-0.05, 0) is 29.2 Å². The van der Waals surface area contributed by atoms with Crippen molar-refractivity contribution >= 4 is 32.4 Å². The van der Waals surface area contributed by atoms with Gasteiger partial charge in [0, 0.05) is 16.4 Å². The standard InChI is InChI=1S/C17H18O2S3/c1-19-16-9-5-10-17(13-16)22(18)12-6-11-20-21-14-15-7-3-2-4-8-15/h2-11,13H,12,14H2,1H3/b11-6+. The molecule has 0 bridgehead atoms. The van der Waals surface area contributed by atoms with E-state index in [2.05, 4.69) is 12.1 Å². The van der Waals surface area contributed by atoms with Crippen LogP contribution in [0, 0.1) is 0 Å². The highest BCUT2D eigenvalue weighted by Gasteiger charge is 2.02. The summed E-state index contributed by atoms with van der Waals surface area (Å²) in [5, 5.41) is 2.01. The third kappa shape index (κ3) is 5.91. The molecule has 0 fully saturated rings. The molecule has 116 valence electrons. The maximum absolute atomic E-state index is 12.2. The summed E-state index contributed by atoms with van der Waals surface area (Å²) in [6.45, 7) is 0. The van der Waals surface area contributed by atoms with Crippen molar-refractivity contribution in [2.45, 2.75) is 10.6 Å². The quantitative estimate of drug-likeness (QED) is 0.500. The van der Waals surface area contributed by atoms with Crippen LogP contribution < -0.4 is 4.74 Å². The van der Waals surface area contributed by atoms with Crippen LogP contribution in [-0.4, -0.2) is 17.1 Å². The molecule has 0 heterocycles. The normalized spacial score (nSPS) is 12.4. The SMILES string of the molecule is COc1cccc(S(=O)C/C=C/SSCc2ccccc2)c1. The molecular formula is C17H18O2S3. The molecule has 2 rings (SSSR count). The largest absolute Gasteiger partial charge is 0.497 e. The van der Waals surface area contributed by atoms with Gasteiger partial charge in [-0.25, -0.2) is 0 Å². The lowest BCUT2D eigenvalue weighted by Crippen LogP contribution is -1.95. The van der Waals surface area contributed by atoms with Gasteiger partial charge in [-0.3, -0.25) is 4.21 Å². The van der Waals surface area contributed by atoms with E-state index >= 15 is 0 Å². The van der Waals surface area contributed by atoms with E-state index in [1.165, 1.54) is 5.56 Å². The number of hydrogen-bond donors (Lipinski definition) is 0. The minimum Gasteiger partial charge on any atom is -0.497 e. The zero-order valence-corrected chi connectivity index (χ0v) is 14.8. The van der Waals surface area contributed by atoms with Gasteiger partial charge in [-0.2, -0.15) is 0 Å². The van der Waals surface area contributed by atoms with Gasteiger partial charge in [-0.15, -0.1) is 0 Å². The summed E-state index contributed by atoms with van der Waals surface area (Å²) in [5.41, 5.74) is 1.31. The van der Waals surface area contributed by atoms with Crippen LogP contribution in [-0.2, 0) is 16.6 Å². The molecule has 1 unspecified atom stereocenters. The van der Waals surface area contributed by atoms with Crippen molar-refractivity contribution in [2.75, 3.05) is 12.9 Å². The van der Waals surface area contributed by atoms with Crippen molar-refractivity contribution < 1.29 is 8.95 Å². The molecule has 0 aliphatic rings. The van der Waals surface area contributed by atoms with E-state index in [1.54, 1.807) is 28.7 Å². The lowest BCUT2D eigenvalue weighted by atomic mass is 10.2. The Kier molecular flexibility index (Phi) is 7.63. The Morgan fingerprint density at radius 3 is 2.73 bits per heavy atom. The Bertz CT molecular complexity index is 627. The zero-order chi connectivity index (χ0) is 15.6. The molecule has 0 saturated carbocycles. The first-order chi connectivity index (χ1) is 10.8. The van der Waals surface area contributed by atoms with Gasteiger partial charge in [-0.1, -0.05) is 64.1 Å². The second-order valence-electron chi connectivity index (χ2n) is 4.41. The van der Waals surface area contributed by atoms with Crippen molar-refractivity contribution in [3.8, 4) is 5.75 Å². The summed E-state index contributed by atoms with van der Waals surface area (Å²) in [6.07, 6.45) is 1.96. The predicted molar refractivity (Wildman–Crippen MR) is 98.7 cm³/mol. The Morgan fingerprint density at radius 1 is 1.14 bits per heavy atom. The van der Waals surface area contributed by atoms with Crippen LogP contribution in [0.5, 0.6) is 5.75 Å². The smallest absolute Gasteiger partial charge is 0.120 e. The summed E-state index contributed by atoms with van der Waals surface area (Å²) < 4.78 is 17.3. The lowest BCUT2D eigenvalue weighted by molar-refractivity contribution is 0.413. The number of benzene rings is 2. The van der Waals surface area contributed by atoms with Crippen LogP contribution >= 0.6 is 21.6 Å². The molecular weight excluding hydrogens is 332 g/mol. The zero-order valence-electron chi connectivity index (χ0n) is 12.3. The maximum Gasteiger partial charge on any atom is 0.120 e. The van der Waals surface area contributed by atoms with Gasteiger partial charge in [0.15, 0.2) is 0 Å². The lowest BCUT2D eigenvalue weighted by Gasteiger charge is -2.02. The molecule has 0 saturated heterocycles. The molecule has 22 heavy (non-hydrogen) atoms. The highest BCUT2D eigenvalue weighted by atomic mass is 33.1. The molecule has 1 atom stereocenters. The monoisotopic (exact) mass is 350 g/mol. The average Bonchev–Trinajstić information content (AvgIpc) is 2.58. The Balaban J connectivity index is 1.71. The molecule has 0 spiro atoms. The van der Waals surface area contributed by atoms with E-state index < -0.39 is 10.8 Å². The van der Waals surface area contributed by atoms with Crippen LogP contribution in [0.1, 0.15) is 5.56 Å². The molecule has 5 heteroatoms. The predicted octanol–water partition coefficient (Wildman–Crippen LogP) is 4.90. The van der Waals surface area contributed by atoms with E-state index in [-0.39, 0.29) is 0 Å². The number of ether oxygens (including phenoxy) is 1. The molecule has 0 aromatic heterocycles. The molecule has 2 nitrogen and oxygen atoms in total. The summed E-state index contributed by atoms with van der Waals surface area (Å²) in [6, 6.07) is 17.8. The van der Waals surface area contributed by atoms with Crippen molar-refractivity contribution in [3.63, 3.8) is 0 Å². The van der Waals surface area contributed by atoms with Crippen LogP contribution in [0.2, 0.25) is 0 Å². The van der Waals surface area contributed by atoms with E-state index in [9.17, 15) is 4.21 Å². The fourth-order valence-electron chi connectivity index (χ4n) is 1.72. The third-order valence-electron chi connectivity index (χ3n) is 2.84. The molecule has 0 amide bonds. The summed E-state index contributed by atoms with van der Waals surface area (Å²) in [7, 11) is 4.03. The van der Waals surface area contributed by atoms with Crippen molar-refractivity contribution in [1.29, 1.82) is 0 Å². The molecule has 0 aliphatic carbocycles. The number of hydrogen-bond acceptors (Lipinski definition) is 4. The summed E-state index contributed by atoms with van der Waals surface area (Å²) in [4.78, 5) is 0.797. The molecule has 0 N–H and O–H groups in total. The highest BCUT2D eigenvalue weighted by Crippen LogP contribution is 2.26. The average molecular weight is 351 g/mol. The van der Waals surface area contributed by atoms with E-state index in [0.29, 0.717) is 5.75 Å². The van der Waals surface area contributed by atoms with Gasteiger partial charge in [0.1, 0.15) is 5.75 Å². The van der Waals surface area contributed by atoms with Gasteiger partial charge < -0.3 is 4.74 Å². The first-order valence-corrected chi connectivity index (χ1v) is 10.5. The van der Waals surface area contributed by atoms with Crippen LogP contribution in [0.3, 0.4) is 0 Å². The van der Waals surface area contributed by atoms with Crippen molar-refractivity contribution in [1.82, 2.24) is 0 Å². The first kappa shape index (κ1) is 17.2. The topological polar surface area (TPSA) is 26.3 Å². The van der Waals surface area contributed by atoms with Gasteiger partial charge in [0.05, 0.1) is 17.9 Å². The Labute approximate surface area is 142 Å². The summed E-state index contributed by atoms with van der Waals surface area (Å²) >= 11 is 0. The van der Waals surface area contributed by atoms with E-state index in [0.717, 1.165) is 16.4 Å². The minimum atomic E-state index is -1.03. The van der Waals surface area contributed by atoms with Crippen molar-refractivity contribution in [3.05, 3.63) is 71.6 Å². The van der Waals surface area contributed by atoms with Crippen molar-refractivity contribution in [2.24, 2.45) is 0 Å².